The summed E-state index contributed by atoms with van der Waals surface area (Å²) in [5.74, 6) is -0.633. The Bertz CT molecular complexity index is 1690. The van der Waals surface area contributed by atoms with Gasteiger partial charge in [0.1, 0.15) is 16.6 Å². The van der Waals surface area contributed by atoms with Crippen LogP contribution in [-0.4, -0.2) is 16.4 Å². The van der Waals surface area contributed by atoms with E-state index < -0.39 is 5.91 Å². The largest absolute Gasteiger partial charge is 0.322 e. The molecule has 0 fully saturated rings. The Balaban J connectivity index is 1.53. The highest BCUT2D eigenvalue weighted by molar-refractivity contribution is 7.15. The third-order valence-electron chi connectivity index (χ3n) is 7.20. The van der Waals surface area contributed by atoms with E-state index in [0.717, 1.165) is 64.4 Å². The lowest BCUT2D eigenvalue weighted by atomic mass is 9.95. The number of fused-ring (bicyclic) bond motifs is 1. The second kappa shape index (κ2) is 11.5. The van der Waals surface area contributed by atoms with Gasteiger partial charge >= 0.3 is 0 Å². The first-order chi connectivity index (χ1) is 19.3. The highest BCUT2D eigenvalue weighted by Crippen LogP contribution is 2.39. The Labute approximate surface area is 242 Å². The fraction of sp³-hybridized carbons (Fsp3) is 0.219. The number of thiophene rings is 1. The maximum absolute atomic E-state index is 13.7. The van der Waals surface area contributed by atoms with E-state index >= 15 is 0 Å². The number of halogens is 1. The number of nitriles is 1. The van der Waals surface area contributed by atoms with E-state index in [1.807, 2.05) is 69.3 Å². The van der Waals surface area contributed by atoms with Gasteiger partial charge in [0, 0.05) is 32.7 Å². The summed E-state index contributed by atoms with van der Waals surface area (Å²) >= 11 is 7.76. The molecule has 0 atom stereocenters. The molecule has 2 heterocycles. The molecule has 2 amide bonds. The Morgan fingerprint density at radius 3 is 2.52 bits per heavy atom. The number of anilines is 2. The molecule has 2 aromatic carbocycles. The van der Waals surface area contributed by atoms with E-state index in [-0.39, 0.29) is 11.5 Å². The summed E-state index contributed by atoms with van der Waals surface area (Å²) in [7, 11) is 0. The lowest BCUT2D eigenvalue weighted by Crippen LogP contribution is -2.17. The number of amides is 2. The summed E-state index contributed by atoms with van der Waals surface area (Å²) in [5.41, 5.74) is 6.47. The summed E-state index contributed by atoms with van der Waals surface area (Å²) in [6.07, 6.45) is 5.60. The number of nitrogens with zero attached hydrogens (tertiary/aromatic N) is 2. The second-order valence-electron chi connectivity index (χ2n) is 9.96. The first-order valence-corrected chi connectivity index (χ1v) is 14.4. The number of aryl methyl sites for hydroxylation is 3. The van der Waals surface area contributed by atoms with Gasteiger partial charge < -0.3 is 15.2 Å². The molecule has 0 saturated heterocycles. The van der Waals surface area contributed by atoms with E-state index in [2.05, 4.69) is 15.2 Å². The zero-order valence-electron chi connectivity index (χ0n) is 22.6. The van der Waals surface area contributed by atoms with Gasteiger partial charge in [-0.1, -0.05) is 35.9 Å². The minimum absolute atomic E-state index is 0.0212. The maximum atomic E-state index is 13.7. The molecule has 1 aliphatic carbocycles. The number of para-hydroxylation sites is 1. The van der Waals surface area contributed by atoms with E-state index in [9.17, 15) is 14.9 Å². The van der Waals surface area contributed by atoms with Crippen molar-refractivity contribution in [3.8, 4) is 11.1 Å². The molecule has 2 aromatic heterocycles. The fourth-order valence-corrected chi connectivity index (χ4v) is 6.80. The Hall–Kier alpha value is -4.12. The molecule has 0 saturated carbocycles. The number of rotatable bonds is 6. The van der Waals surface area contributed by atoms with Crippen LogP contribution in [0.25, 0.3) is 11.1 Å². The molecular formula is C32H29ClN4O2S. The number of nitrogens with one attached hydrogen (secondary N) is 2. The third kappa shape index (κ3) is 5.46. The number of hydrogen-bond donors (Lipinski definition) is 2. The Kier molecular flexibility index (Phi) is 7.92. The number of aromatic nitrogens is 1. The highest BCUT2D eigenvalue weighted by Gasteiger charge is 2.28. The normalized spacial score (nSPS) is 12.9. The van der Waals surface area contributed by atoms with Crippen LogP contribution in [0.5, 0.6) is 0 Å². The van der Waals surface area contributed by atoms with Gasteiger partial charge in [-0.25, -0.2) is 0 Å². The van der Waals surface area contributed by atoms with Crippen molar-refractivity contribution in [2.24, 2.45) is 0 Å². The molecule has 5 rings (SSSR count). The van der Waals surface area contributed by atoms with Gasteiger partial charge in [-0.05, 0) is 99.6 Å². The van der Waals surface area contributed by atoms with E-state index in [4.69, 9.17) is 11.6 Å². The first kappa shape index (κ1) is 27.4. The first-order valence-electron chi connectivity index (χ1n) is 13.2. The Morgan fingerprint density at radius 1 is 1.02 bits per heavy atom. The summed E-state index contributed by atoms with van der Waals surface area (Å²) in [4.78, 5) is 28.0. The van der Waals surface area contributed by atoms with Crippen molar-refractivity contribution in [2.75, 3.05) is 10.6 Å². The van der Waals surface area contributed by atoms with Crippen LogP contribution in [-0.2, 0) is 17.6 Å². The van der Waals surface area contributed by atoms with Crippen molar-refractivity contribution in [3.63, 3.8) is 0 Å². The molecule has 40 heavy (non-hydrogen) atoms. The summed E-state index contributed by atoms with van der Waals surface area (Å²) in [6, 6.07) is 18.7. The number of hydrogen-bond acceptors (Lipinski definition) is 4. The third-order valence-corrected chi connectivity index (χ3v) is 8.71. The number of carbonyl (C=O) groups is 2. The molecule has 0 spiro atoms. The average molecular weight is 569 g/mol. The van der Waals surface area contributed by atoms with Crippen molar-refractivity contribution in [2.45, 2.75) is 46.5 Å². The zero-order valence-corrected chi connectivity index (χ0v) is 24.2. The molecule has 4 aromatic rings. The van der Waals surface area contributed by atoms with Crippen LogP contribution in [0.1, 0.15) is 56.2 Å². The van der Waals surface area contributed by atoms with E-state index in [0.29, 0.717) is 16.3 Å². The van der Waals surface area contributed by atoms with E-state index in [1.54, 1.807) is 29.5 Å². The summed E-state index contributed by atoms with van der Waals surface area (Å²) in [5, 5.41) is 17.1. The molecular weight excluding hydrogens is 540 g/mol. The molecule has 2 N–H and O–H groups in total. The zero-order chi connectivity index (χ0) is 28.4. The molecule has 0 radical (unpaired) electrons. The van der Waals surface area contributed by atoms with Gasteiger partial charge in [0.2, 0.25) is 0 Å². The van der Waals surface area contributed by atoms with Gasteiger partial charge in [-0.15, -0.1) is 11.3 Å². The summed E-state index contributed by atoms with van der Waals surface area (Å²) < 4.78 is 2.07. The summed E-state index contributed by atoms with van der Waals surface area (Å²) in [6.45, 7) is 5.79. The maximum Gasteiger partial charge on any atom is 0.266 e. The number of carbonyl (C=O) groups excluding carboxylic acids is 2. The minimum atomic E-state index is -0.507. The highest BCUT2D eigenvalue weighted by atomic mass is 35.5. The van der Waals surface area contributed by atoms with Crippen LogP contribution >= 0.6 is 22.9 Å². The molecule has 202 valence electrons. The molecule has 0 aliphatic heterocycles. The van der Waals surface area contributed by atoms with Gasteiger partial charge in [0.15, 0.2) is 0 Å². The Morgan fingerprint density at radius 2 is 1.77 bits per heavy atom. The van der Waals surface area contributed by atoms with Crippen molar-refractivity contribution < 1.29 is 9.59 Å². The van der Waals surface area contributed by atoms with E-state index in [1.165, 1.54) is 4.88 Å². The van der Waals surface area contributed by atoms with Crippen molar-refractivity contribution in [1.29, 1.82) is 5.26 Å². The van der Waals surface area contributed by atoms with Crippen LogP contribution in [0.4, 0.5) is 11.4 Å². The van der Waals surface area contributed by atoms with Crippen LogP contribution < -0.4 is 10.6 Å². The van der Waals surface area contributed by atoms with Crippen LogP contribution in [0.15, 0.2) is 60.2 Å². The quantitative estimate of drug-likeness (QED) is 0.184. The topological polar surface area (TPSA) is 86.9 Å². The van der Waals surface area contributed by atoms with Crippen molar-refractivity contribution in [3.05, 3.63) is 104 Å². The predicted octanol–water partition coefficient (Wildman–Crippen LogP) is 7.79. The second-order valence-corrected chi connectivity index (χ2v) is 11.5. The average Bonchev–Trinajstić information content (AvgIpc) is 3.45. The monoisotopic (exact) mass is 568 g/mol. The minimum Gasteiger partial charge on any atom is -0.322 e. The SMILES string of the molecule is Cc1ccc(Cl)cc1NC(=O)/C(C#N)=C\c1cc(C)n(-c2sc3c(c2C(=O)Nc2ccccc2)CCCC3)c1C. The van der Waals surface area contributed by atoms with Crippen LogP contribution in [0, 0.1) is 32.1 Å². The fourth-order valence-electron chi connectivity index (χ4n) is 5.13. The van der Waals surface area contributed by atoms with Crippen LogP contribution in [0.2, 0.25) is 5.02 Å². The van der Waals surface area contributed by atoms with Crippen molar-refractivity contribution in [1.82, 2.24) is 4.57 Å². The molecule has 6 nitrogen and oxygen atoms in total. The number of benzene rings is 2. The van der Waals surface area contributed by atoms with Gasteiger partial charge in [0.25, 0.3) is 11.8 Å². The molecule has 1 aliphatic rings. The van der Waals surface area contributed by atoms with Gasteiger partial charge in [0.05, 0.1) is 5.56 Å². The van der Waals surface area contributed by atoms with Gasteiger partial charge in [-0.2, -0.15) is 5.26 Å². The molecule has 0 bridgehead atoms. The smallest absolute Gasteiger partial charge is 0.266 e. The van der Waals surface area contributed by atoms with Crippen LogP contribution in [0.3, 0.4) is 0 Å². The predicted molar refractivity (Wildman–Crippen MR) is 163 cm³/mol. The molecule has 8 heteroatoms. The standard InChI is InChI=1S/C32H29ClN4O2S/c1-19-13-14-24(33)17-27(19)36-30(38)23(18-34)16-22-15-20(2)37(21(22)3)32-29(26-11-7-8-12-28(26)40-32)31(39)35-25-9-5-4-6-10-25/h4-6,9-10,13-17H,7-8,11-12H2,1-3H3,(H,35,39)(H,36,38)/b23-16-. The lowest BCUT2D eigenvalue weighted by Gasteiger charge is -2.14. The lowest BCUT2D eigenvalue weighted by molar-refractivity contribution is -0.112. The van der Waals surface area contributed by atoms with Gasteiger partial charge in [-0.3, -0.25) is 9.59 Å². The molecule has 0 unspecified atom stereocenters. The van der Waals surface area contributed by atoms with Crippen molar-refractivity contribution >= 4 is 52.2 Å².